The third-order valence-electron chi connectivity index (χ3n) is 5.68. The molecular formula is C25H31F5N2O3S. The third-order valence-corrected chi connectivity index (χ3v) is 7.92. The van der Waals surface area contributed by atoms with Crippen molar-refractivity contribution in [1.29, 1.82) is 0 Å². The zero-order chi connectivity index (χ0) is 26.9. The van der Waals surface area contributed by atoms with Gasteiger partial charge in [-0.15, -0.1) is 0 Å². The first-order valence-electron chi connectivity index (χ1n) is 11.7. The maximum absolute atomic E-state index is 14.0. The van der Waals surface area contributed by atoms with E-state index in [0.29, 0.717) is 19.0 Å². The van der Waals surface area contributed by atoms with Gasteiger partial charge in [0.2, 0.25) is 0 Å². The zero-order valence-electron chi connectivity index (χ0n) is 20.2. The molecule has 0 saturated carbocycles. The van der Waals surface area contributed by atoms with Gasteiger partial charge in [-0.3, -0.25) is 4.79 Å². The number of aryl methyl sites for hydroxylation is 1. The van der Waals surface area contributed by atoms with E-state index in [1.54, 1.807) is 12.2 Å². The molecule has 2 rings (SSSR count). The number of unbranched alkanes of at least 4 members (excludes halogenated alkanes) is 1. The van der Waals surface area contributed by atoms with Gasteiger partial charge in [0.1, 0.15) is 16.9 Å². The average molecular weight is 535 g/mol. The Labute approximate surface area is 208 Å². The van der Waals surface area contributed by atoms with E-state index in [9.17, 15) is 35.2 Å². The predicted molar refractivity (Wildman–Crippen MR) is 128 cm³/mol. The molecule has 0 aliphatic heterocycles. The Morgan fingerprint density at radius 1 is 1.00 bits per heavy atom. The van der Waals surface area contributed by atoms with Crippen molar-refractivity contribution in [2.24, 2.45) is 0 Å². The number of benzene rings is 2. The van der Waals surface area contributed by atoms with Gasteiger partial charge in [0.25, 0.3) is 0 Å². The fourth-order valence-corrected chi connectivity index (χ4v) is 6.10. The SMILES string of the molecule is CCCCS(=O)(=O)C(c1cc(F)cc(F)c1)[C@H](CCNCc1cccc(CC)c1)NC(=O)C(F)(F)F. The summed E-state index contributed by atoms with van der Waals surface area (Å²) in [7, 11) is -4.20. The highest BCUT2D eigenvalue weighted by atomic mass is 32.2. The van der Waals surface area contributed by atoms with E-state index < -0.39 is 50.6 Å². The number of hydrogen-bond donors (Lipinski definition) is 2. The largest absolute Gasteiger partial charge is 0.471 e. The molecule has 0 aromatic heterocycles. The second-order valence-electron chi connectivity index (χ2n) is 8.56. The highest BCUT2D eigenvalue weighted by Crippen LogP contribution is 2.31. The van der Waals surface area contributed by atoms with Crippen LogP contribution in [0.1, 0.15) is 55.1 Å². The molecule has 200 valence electrons. The van der Waals surface area contributed by atoms with Gasteiger partial charge in [0.05, 0.1) is 11.8 Å². The summed E-state index contributed by atoms with van der Waals surface area (Å²) in [6, 6.07) is 8.14. The molecule has 1 unspecified atom stereocenters. The Bertz CT molecular complexity index is 1100. The lowest BCUT2D eigenvalue weighted by Gasteiger charge is -2.29. The summed E-state index contributed by atoms with van der Waals surface area (Å²) in [4.78, 5) is 11.8. The summed E-state index contributed by atoms with van der Waals surface area (Å²) >= 11 is 0. The number of rotatable bonds is 13. The van der Waals surface area contributed by atoms with Gasteiger partial charge in [0.15, 0.2) is 9.84 Å². The van der Waals surface area contributed by atoms with Crippen LogP contribution in [0.5, 0.6) is 0 Å². The van der Waals surface area contributed by atoms with E-state index in [4.69, 9.17) is 0 Å². The second kappa shape index (κ2) is 13.1. The highest BCUT2D eigenvalue weighted by Gasteiger charge is 2.43. The van der Waals surface area contributed by atoms with Crippen molar-refractivity contribution in [3.63, 3.8) is 0 Å². The topological polar surface area (TPSA) is 75.3 Å². The number of sulfone groups is 1. The van der Waals surface area contributed by atoms with Crippen molar-refractivity contribution in [2.45, 2.75) is 63.5 Å². The van der Waals surface area contributed by atoms with E-state index in [-0.39, 0.29) is 24.9 Å². The fourth-order valence-electron chi connectivity index (χ4n) is 3.90. The van der Waals surface area contributed by atoms with Gasteiger partial charge in [-0.05, 0) is 54.6 Å². The number of halogens is 5. The van der Waals surface area contributed by atoms with Crippen LogP contribution < -0.4 is 10.6 Å². The van der Waals surface area contributed by atoms with Crippen molar-refractivity contribution >= 4 is 15.7 Å². The van der Waals surface area contributed by atoms with Crippen molar-refractivity contribution < 1.29 is 35.2 Å². The molecule has 0 fully saturated rings. The van der Waals surface area contributed by atoms with Crippen LogP contribution in [-0.2, 0) is 27.6 Å². The van der Waals surface area contributed by atoms with Crippen molar-refractivity contribution in [2.75, 3.05) is 12.3 Å². The number of carbonyl (C=O) groups is 1. The molecule has 2 atom stereocenters. The maximum atomic E-state index is 14.0. The summed E-state index contributed by atoms with van der Waals surface area (Å²) in [6.07, 6.45) is -4.01. The number of carbonyl (C=O) groups excluding carboxylic acids is 1. The first-order valence-corrected chi connectivity index (χ1v) is 13.4. The Hall–Kier alpha value is -2.53. The number of alkyl halides is 3. The van der Waals surface area contributed by atoms with Gasteiger partial charge < -0.3 is 10.6 Å². The molecule has 0 aliphatic rings. The molecule has 36 heavy (non-hydrogen) atoms. The van der Waals surface area contributed by atoms with Crippen molar-refractivity contribution in [3.05, 3.63) is 70.8 Å². The van der Waals surface area contributed by atoms with Gasteiger partial charge in [0, 0.05) is 12.6 Å². The van der Waals surface area contributed by atoms with Gasteiger partial charge in [-0.2, -0.15) is 13.2 Å². The zero-order valence-corrected chi connectivity index (χ0v) is 21.0. The number of nitrogens with one attached hydrogen (secondary N) is 2. The molecule has 2 aromatic rings. The summed E-state index contributed by atoms with van der Waals surface area (Å²) in [5.74, 6) is -4.89. The normalized spacial score (nSPS) is 13.9. The smallest absolute Gasteiger partial charge is 0.344 e. The quantitative estimate of drug-likeness (QED) is 0.280. The van der Waals surface area contributed by atoms with Crippen LogP contribution in [0.3, 0.4) is 0 Å². The predicted octanol–water partition coefficient (Wildman–Crippen LogP) is 5.01. The van der Waals surface area contributed by atoms with Crippen LogP contribution >= 0.6 is 0 Å². The lowest BCUT2D eigenvalue weighted by atomic mass is 10.0. The number of hydrogen-bond acceptors (Lipinski definition) is 4. The minimum atomic E-state index is -5.27. The first kappa shape index (κ1) is 29.7. The van der Waals surface area contributed by atoms with Crippen LogP contribution in [0.4, 0.5) is 22.0 Å². The Balaban J connectivity index is 2.36. The summed E-state index contributed by atoms with van der Waals surface area (Å²) < 4.78 is 93.7. The van der Waals surface area contributed by atoms with Crippen LogP contribution in [0.15, 0.2) is 42.5 Å². The lowest BCUT2D eigenvalue weighted by Crippen LogP contribution is -2.48. The number of amides is 1. The van der Waals surface area contributed by atoms with E-state index in [1.165, 1.54) is 0 Å². The molecule has 0 aliphatic carbocycles. The Morgan fingerprint density at radius 3 is 2.22 bits per heavy atom. The van der Waals surface area contributed by atoms with Crippen LogP contribution in [0, 0.1) is 11.6 Å². The van der Waals surface area contributed by atoms with E-state index >= 15 is 0 Å². The van der Waals surface area contributed by atoms with E-state index in [0.717, 1.165) is 29.7 Å². The summed E-state index contributed by atoms with van der Waals surface area (Å²) in [6.45, 7) is 4.12. The Morgan fingerprint density at radius 2 is 1.64 bits per heavy atom. The molecule has 11 heteroatoms. The van der Waals surface area contributed by atoms with Gasteiger partial charge in [-0.1, -0.05) is 44.5 Å². The highest BCUT2D eigenvalue weighted by molar-refractivity contribution is 7.91. The van der Waals surface area contributed by atoms with E-state index in [1.807, 2.05) is 31.2 Å². The monoisotopic (exact) mass is 534 g/mol. The fraction of sp³-hybridized carbons (Fsp3) is 0.480. The molecule has 2 aromatic carbocycles. The Kier molecular flexibility index (Phi) is 10.8. The standard InChI is InChI=1S/C25H31F5N2O3S/c1-3-5-11-36(34,35)23(19-13-20(26)15-21(27)14-19)22(32-24(33)25(28,29)30)9-10-31-16-18-8-6-7-17(4-2)12-18/h6-8,12-15,22-23,31H,3-5,9-11,16H2,1-2H3,(H,32,33)/t22-,23?/m0/s1. The van der Waals surface area contributed by atoms with Crippen molar-refractivity contribution in [3.8, 4) is 0 Å². The molecule has 2 N–H and O–H groups in total. The summed E-state index contributed by atoms with van der Waals surface area (Å²) in [5.41, 5.74) is 1.66. The lowest BCUT2D eigenvalue weighted by molar-refractivity contribution is -0.174. The van der Waals surface area contributed by atoms with Crippen molar-refractivity contribution in [1.82, 2.24) is 10.6 Å². The van der Waals surface area contributed by atoms with Gasteiger partial charge in [-0.25, -0.2) is 17.2 Å². The second-order valence-corrected chi connectivity index (χ2v) is 10.8. The average Bonchev–Trinajstić information content (AvgIpc) is 2.79. The summed E-state index contributed by atoms with van der Waals surface area (Å²) in [5, 5.41) is 3.04. The first-order chi connectivity index (χ1) is 16.9. The molecular weight excluding hydrogens is 503 g/mol. The van der Waals surface area contributed by atoms with Crippen LogP contribution in [-0.4, -0.2) is 38.8 Å². The molecule has 0 heterocycles. The minimum absolute atomic E-state index is 0.0384. The van der Waals surface area contributed by atoms with E-state index in [2.05, 4.69) is 5.32 Å². The molecule has 5 nitrogen and oxygen atoms in total. The third kappa shape index (κ3) is 8.85. The molecule has 0 bridgehead atoms. The molecule has 0 spiro atoms. The molecule has 0 saturated heterocycles. The van der Waals surface area contributed by atoms with Gasteiger partial charge >= 0.3 is 12.1 Å². The molecule has 0 radical (unpaired) electrons. The minimum Gasteiger partial charge on any atom is -0.344 e. The van der Waals surface area contributed by atoms with Crippen LogP contribution in [0.25, 0.3) is 0 Å². The molecule has 1 amide bonds. The van der Waals surface area contributed by atoms with Crippen LogP contribution in [0.2, 0.25) is 0 Å². The maximum Gasteiger partial charge on any atom is 0.471 e.